The lowest BCUT2D eigenvalue weighted by Gasteiger charge is -2.14. The highest BCUT2D eigenvalue weighted by molar-refractivity contribution is 5.85. The number of halogens is 1. The summed E-state index contributed by atoms with van der Waals surface area (Å²) >= 11 is 0. The third kappa shape index (κ3) is 5.49. The van der Waals surface area contributed by atoms with Gasteiger partial charge in [-0.15, -0.1) is 12.4 Å². The van der Waals surface area contributed by atoms with Crippen molar-refractivity contribution in [3.63, 3.8) is 0 Å². The summed E-state index contributed by atoms with van der Waals surface area (Å²) in [5.41, 5.74) is 1.89. The number of rotatable bonds is 6. The van der Waals surface area contributed by atoms with Crippen molar-refractivity contribution in [3.8, 4) is 0 Å². The first kappa shape index (κ1) is 16.9. The SMILES string of the molecule is CNCCC(=O)NCC(O)c1ccccc1C.Cl. The highest BCUT2D eigenvalue weighted by atomic mass is 35.5. The van der Waals surface area contributed by atoms with Crippen LogP contribution in [0.3, 0.4) is 0 Å². The van der Waals surface area contributed by atoms with Crippen molar-refractivity contribution in [1.29, 1.82) is 0 Å². The maximum Gasteiger partial charge on any atom is 0.221 e. The molecular weight excluding hydrogens is 252 g/mol. The molecule has 0 aliphatic rings. The second-order valence-electron chi connectivity index (χ2n) is 4.03. The van der Waals surface area contributed by atoms with Gasteiger partial charge in [0.05, 0.1) is 6.10 Å². The lowest BCUT2D eigenvalue weighted by atomic mass is 10.0. The fourth-order valence-corrected chi connectivity index (χ4v) is 1.61. The molecule has 1 atom stereocenters. The van der Waals surface area contributed by atoms with Crippen LogP contribution in [-0.4, -0.2) is 31.2 Å². The number of carbonyl (C=O) groups is 1. The van der Waals surface area contributed by atoms with E-state index < -0.39 is 6.10 Å². The fourth-order valence-electron chi connectivity index (χ4n) is 1.61. The number of aliphatic hydroxyl groups is 1. The van der Waals surface area contributed by atoms with Gasteiger partial charge in [0.15, 0.2) is 0 Å². The summed E-state index contributed by atoms with van der Waals surface area (Å²) in [6.07, 6.45) is -0.216. The van der Waals surface area contributed by atoms with E-state index in [-0.39, 0.29) is 24.9 Å². The minimum absolute atomic E-state index is 0. The van der Waals surface area contributed by atoms with Crippen LogP contribution in [-0.2, 0) is 4.79 Å². The maximum atomic E-state index is 11.4. The molecule has 1 amide bonds. The number of aliphatic hydroxyl groups excluding tert-OH is 1. The number of aryl methyl sites for hydroxylation is 1. The molecule has 0 spiro atoms. The standard InChI is InChI=1S/C13H20N2O2.ClH/c1-10-5-3-4-6-11(10)12(16)9-15-13(17)7-8-14-2;/h3-6,12,14,16H,7-9H2,1-2H3,(H,15,17);1H. The first-order chi connectivity index (χ1) is 8.15. The third-order valence-corrected chi connectivity index (χ3v) is 2.64. The Kier molecular flexibility index (Phi) is 8.37. The highest BCUT2D eigenvalue weighted by Crippen LogP contribution is 2.16. The molecule has 4 nitrogen and oxygen atoms in total. The monoisotopic (exact) mass is 272 g/mol. The Morgan fingerprint density at radius 2 is 2.06 bits per heavy atom. The first-order valence-electron chi connectivity index (χ1n) is 5.80. The molecule has 0 aliphatic carbocycles. The van der Waals surface area contributed by atoms with Gasteiger partial charge in [-0.1, -0.05) is 24.3 Å². The molecule has 1 aromatic carbocycles. The van der Waals surface area contributed by atoms with Crippen molar-refractivity contribution >= 4 is 18.3 Å². The molecule has 3 N–H and O–H groups in total. The van der Waals surface area contributed by atoms with E-state index in [2.05, 4.69) is 10.6 Å². The Balaban J connectivity index is 0.00000289. The van der Waals surface area contributed by atoms with Crippen molar-refractivity contribution in [2.75, 3.05) is 20.1 Å². The third-order valence-electron chi connectivity index (χ3n) is 2.64. The maximum absolute atomic E-state index is 11.4. The average Bonchev–Trinajstić information content (AvgIpc) is 2.34. The number of nitrogens with one attached hydrogen (secondary N) is 2. The van der Waals surface area contributed by atoms with E-state index in [4.69, 9.17) is 0 Å². The van der Waals surface area contributed by atoms with Crippen molar-refractivity contribution in [2.45, 2.75) is 19.4 Å². The highest BCUT2D eigenvalue weighted by Gasteiger charge is 2.10. The minimum atomic E-state index is -0.644. The first-order valence-corrected chi connectivity index (χ1v) is 5.80. The molecule has 102 valence electrons. The van der Waals surface area contributed by atoms with Gasteiger partial charge in [-0.05, 0) is 25.1 Å². The summed E-state index contributed by atoms with van der Waals surface area (Å²) in [5.74, 6) is -0.0491. The van der Waals surface area contributed by atoms with Gasteiger partial charge in [-0.2, -0.15) is 0 Å². The van der Waals surface area contributed by atoms with E-state index >= 15 is 0 Å². The van der Waals surface area contributed by atoms with Gasteiger partial charge in [-0.25, -0.2) is 0 Å². The molecule has 0 heterocycles. The molecule has 0 aliphatic heterocycles. The number of hydrogen-bond acceptors (Lipinski definition) is 3. The predicted molar refractivity (Wildman–Crippen MR) is 74.9 cm³/mol. The second-order valence-corrected chi connectivity index (χ2v) is 4.03. The Morgan fingerprint density at radius 1 is 1.39 bits per heavy atom. The van der Waals surface area contributed by atoms with Gasteiger partial charge in [0.2, 0.25) is 5.91 Å². The van der Waals surface area contributed by atoms with Crippen molar-refractivity contribution in [1.82, 2.24) is 10.6 Å². The summed E-state index contributed by atoms with van der Waals surface area (Å²) in [7, 11) is 1.80. The number of hydrogen-bond donors (Lipinski definition) is 3. The normalized spacial score (nSPS) is 11.5. The topological polar surface area (TPSA) is 61.4 Å². The largest absolute Gasteiger partial charge is 0.387 e. The lowest BCUT2D eigenvalue weighted by Crippen LogP contribution is -2.30. The van der Waals surface area contributed by atoms with Crippen LogP contribution < -0.4 is 10.6 Å². The fraction of sp³-hybridized carbons (Fsp3) is 0.462. The molecular formula is C13H21ClN2O2. The molecule has 0 saturated carbocycles. The van der Waals surface area contributed by atoms with E-state index in [0.717, 1.165) is 11.1 Å². The van der Waals surface area contributed by atoms with Crippen LogP contribution in [0.25, 0.3) is 0 Å². The zero-order valence-electron chi connectivity index (χ0n) is 10.8. The quantitative estimate of drug-likeness (QED) is 0.729. The van der Waals surface area contributed by atoms with Crippen LogP contribution in [0.15, 0.2) is 24.3 Å². The van der Waals surface area contributed by atoms with Crippen molar-refractivity contribution in [2.24, 2.45) is 0 Å². The van der Waals surface area contributed by atoms with E-state index in [0.29, 0.717) is 13.0 Å². The molecule has 18 heavy (non-hydrogen) atoms. The van der Waals surface area contributed by atoms with E-state index in [1.54, 1.807) is 7.05 Å². The molecule has 1 unspecified atom stereocenters. The van der Waals surface area contributed by atoms with E-state index in [9.17, 15) is 9.90 Å². The molecule has 1 rings (SSSR count). The van der Waals surface area contributed by atoms with E-state index in [1.165, 1.54) is 0 Å². The molecule has 0 radical (unpaired) electrons. The van der Waals surface area contributed by atoms with Crippen molar-refractivity contribution in [3.05, 3.63) is 35.4 Å². The average molecular weight is 273 g/mol. The molecule has 5 heteroatoms. The Labute approximate surface area is 114 Å². The summed E-state index contributed by atoms with van der Waals surface area (Å²) in [5, 5.41) is 15.6. The van der Waals surface area contributed by atoms with Crippen molar-refractivity contribution < 1.29 is 9.90 Å². The number of carbonyl (C=O) groups excluding carboxylic acids is 1. The predicted octanol–water partition coefficient (Wildman–Crippen LogP) is 1.18. The molecule has 1 aromatic rings. The van der Waals surface area contributed by atoms with Crippen LogP contribution in [0.1, 0.15) is 23.7 Å². The van der Waals surface area contributed by atoms with Crippen LogP contribution in [0.5, 0.6) is 0 Å². The Morgan fingerprint density at radius 3 is 2.67 bits per heavy atom. The minimum Gasteiger partial charge on any atom is -0.387 e. The van der Waals surface area contributed by atoms with Crippen LogP contribution >= 0.6 is 12.4 Å². The van der Waals surface area contributed by atoms with Gasteiger partial charge < -0.3 is 15.7 Å². The lowest BCUT2D eigenvalue weighted by molar-refractivity contribution is -0.121. The van der Waals surface area contributed by atoms with Gasteiger partial charge in [0.25, 0.3) is 0 Å². The molecule has 0 saturated heterocycles. The van der Waals surface area contributed by atoms with Crippen LogP contribution in [0.4, 0.5) is 0 Å². The summed E-state index contributed by atoms with van der Waals surface area (Å²) in [6, 6.07) is 7.63. The summed E-state index contributed by atoms with van der Waals surface area (Å²) in [4.78, 5) is 11.4. The Hall–Kier alpha value is -1.10. The van der Waals surface area contributed by atoms with Gasteiger partial charge in [0.1, 0.15) is 0 Å². The smallest absolute Gasteiger partial charge is 0.221 e. The summed E-state index contributed by atoms with van der Waals surface area (Å²) in [6.45, 7) is 2.85. The van der Waals surface area contributed by atoms with Crippen LogP contribution in [0, 0.1) is 6.92 Å². The zero-order valence-corrected chi connectivity index (χ0v) is 11.6. The van der Waals surface area contributed by atoms with Gasteiger partial charge in [-0.3, -0.25) is 4.79 Å². The van der Waals surface area contributed by atoms with Gasteiger partial charge >= 0.3 is 0 Å². The zero-order chi connectivity index (χ0) is 12.7. The number of amides is 1. The van der Waals surface area contributed by atoms with Gasteiger partial charge in [0, 0.05) is 19.5 Å². The summed E-state index contributed by atoms with van der Waals surface area (Å²) < 4.78 is 0. The molecule has 0 aromatic heterocycles. The molecule has 0 fully saturated rings. The van der Waals surface area contributed by atoms with E-state index in [1.807, 2.05) is 31.2 Å². The molecule has 0 bridgehead atoms. The second kappa shape index (κ2) is 8.91. The number of benzene rings is 1. The Bertz CT molecular complexity index is 372. The van der Waals surface area contributed by atoms with Crippen LogP contribution in [0.2, 0.25) is 0 Å².